The van der Waals surface area contributed by atoms with Crippen LogP contribution in [0.4, 0.5) is 5.69 Å². The summed E-state index contributed by atoms with van der Waals surface area (Å²) in [7, 11) is 2.18. The van der Waals surface area contributed by atoms with E-state index in [1.807, 2.05) is 26.0 Å². The molecular weight excluding hydrogens is 410 g/mol. The smallest absolute Gasteiger partial charge is 0.260 e. The first kappa shape index (κ1) is 21.7. The Labute approximate surface area is 188 Å². The molecule has 0 bridgehead atoms. The average molecular weight is 440 g/mol. The second-order valence-electron chi connectivity index (χ2n) is 8.72. The number of nitrogens with zero attached hydrogens (tertiary/aromatic N) is 1. The van der Waals surface area contributed by atoms with Gasteiger partial charge in [0.05, 0.1) is 28.4 Å². The lowest BCUT2D eigenvalue weighted by Gasteiger charge is -2.32. The molecule has 1 aliphatic rings. The Morgan fingerprint density at radius 1 is 1.16 bits per heavy atom. The molecule has 1 fully saturated rings. The number of pyridine rings is 1. The molecule has 1 aromatic heterocycles. The van der Waals surface area contributed by atoms with Crippen LogP contribution in [0, 0.1) is 13.8 Å². The molecule has 6 heteroatoms. The molecule has 0 spiro atoms. The predicted molar refractivity (Wildman–Crippen MR) is 129 cm³/mol. The zero-order chi connectivity index (χ0) is 22.1. The third kappa shape index (κ3) is 4.58. The van der Waals surface area contributed by atoms with Gasteiger partial charge in [0.15, 0.2) is 0 Å². The van der Waals surface area contributed by atoms with Crippen LogP contribution in [-0.2, 0) is 0 Å². The number of nitrogens with two attached hydrogens (primary N) is 1. The van der Waals surface area contributed by atoms with Gasteiger partial charge in [-0.25, -0.2) is 0 Å². The van der Waals surface area contributed by atoms with Gasteiger partial charge in [0.1, 0.15) is 5.75 Å². The molecule has 0 radical (unpaired) electrons. The van der Waals surface area contributed by atoms with Crippen molar-refractivity contribution < 1.29 is 4.74 Å². The number of hydrogen-bond donors (Lipinski definition) is 2. The van der Waals surface area contributed by atoms with E-state index in [4.69, 9.17) is 22.1 Å². The predicted octanol–water partition coefficient (Wildman–Crippen LogP) is 5.30. The van der Waals surface area contributed by atoms with Crippen molar-refractivity contribution in [1.82, 2.24) is 9.88 Å². The van der Waals surface area contributed by atoms with Gasteiger partial charge in [0, 0.05) is 11.4 Å². The molecule has 0 aliphatic carbocycles. The molecule has 5 nitrogen and oxygen atoms in total. The van der Waals surface area contributed by atoms with Crippen molar-refractivity contribution >= 4 is 28.2 Å². The maximum absolute atomic E-state index is 13.2. The van der Waals surface area contributed by atoms with Gasteiger partial charge in [0.25, 0.3) is 5.56 Å². The topological polar surface area (TPSA) is 71.3 Å². The molecule has 2 heterocycles. The molecule has 1 unspecified atom stereocenters. The Morgan fingerprint density at radius 2 is 1.90 bits per heavy atom. The Bertz CT molecular complexity index is 1150. The van der Waals surface area contributed by atoms with Gasteiger partial charge in [-0.05, 0) is 64.4 Å². The summed E-state index contributed by atoms with van der Waals surface area (Å²) in [5.74, 6) is 0.575. The molecule has 1 aliphatic heterocycles. The SMILES string of the molecule is Cc1cc(C)cc(-c2c(OCCC3CCCCN3C)c3cc(N)c(Cl)cc3[nH]c2=O)c1. The van der Waals surface area contributed by atoms with E-state index in [9.17, 15) is 4.79 Å². The lowest BCUT2D eigenvalue weighted by atomic mass is 9.99. The van der Waals surface area contributed by atoms with Gasteiger partial charge in [-0.15, -0.1) is 0 Å². The number of aryl methyl sites for hydroxylation is 2. The second-order valence-corrected chi connectivity index (χ2v) is 9.13. The highest BCUT2D eigenvalue weighted by molar-refractivity contribution is 6.34. The summed E-state index contributed by atoms with van der Waals surface area (Å²) < 4.78 is 6.37. The van der Waals surface area contributed by atoms with E-state index >= 15 is 0 Å². The van der Waals surface area contributed by atoms with E-state index in [0.717, 1.165) is 35.0 Å². The van der Waals surface area contributed by atoms with Crippen molar-refractivity contribution in [3.8, 4) is 16.9 Å². The van der Waals surface area contributed by atoms with Crippen LogP contribution >= 0.6 is 11.6 Å². The lowest BCUT2D eigenvalue weighted by Crippen LogP contribution is -2.37. The Morgan fingerprint density at radius 3 is 2.61 bits per heavy atom. The number of likely N-dealkylation sites (tertiary alicyclic amines) is 1. The molecular formula is C25H30ClN3O2. The summed E-state index contributed by atoms with van der Waals surface area (Å²) in [6, 6.07) is 10.1. The van der Waals surface area contributed by atoms with E-state index in [1.165, 1.54) is 19.3 Å². The Balaban J connectivity index is 1.79. The Kier molecular flexibility index (Phi) is 6.26. The molecule has 31 heavy (non-hydrogen) atoms. The van der Waals surface area contributed by atoms with E-state index < -0.39 is 0 Å². The van der Waals surface area contributed by atoms with Crippen molar-refractivity contribution in [3.63, 3.8) is 0 Å². The molecule has 0 amide bonds. The van der Waals surface area contributed by atoms with Crippen LogP contribution in [0.3, 0.4) is 0 Å². The third-order valence-electron chi connectivity index (χ3n) is 6.21. The molecule has 3 N–H and O–H groups in total. The number of anilines is 1. The minimum Gasteiger partial charge on any atom is -0.492 e. The van der Waals surface area contributed by atoms with Crippen molar-refractivity contribution in [3.05, 3.63) is 56.8 Å². The summed E-state index contributed by atoms with van der Waals surface area (Å²) in [5, 5.41) is 1.18. The zero-order valence-corrected chi connectivity index (χ0v) is 19.2. The molecule has 1 saturated heterocycles. The highest BCUT2D eigenvalue weighted by Crippen LogP contribution is 2.37. The normalized spacial score (nSPS) is 17.2. The van der Waals surface area contributed by atoms with Crippen LogP contribution in [-0.4, -0.2) is 36.1 Å². The number of hydrogen-bond acceptors (Lipinski definition) is 4. The average Bonchev–Trinajstić information content (AvgIpc) is 2.70. The first-order valence-electron chi connectivity index (χ1n) is 10.9. The number of aromatic nitrogens is 1. The standard InChI is InChI=1S/C25H30ClN3O2/c1-15-10-16(2)12-17(11-15)23-24(31-9-7-18-6-4-5-8-29(18)3)19-13-21(27)20(26)14-22(19)28-25(23)30/h10-14,18H,4-9,27H2,1-3H3,(H,28,30). The summed E-state index contributed by atoms with van der Waals surface area (Å²) in [4.78, 5) is 18.5. The summed E-state index contributed by atoms with van der Waals surface area (Å²) >= 11 is 6.22. The van der Waals surface area contributed by atoms with Crippen molar-refractivity contribution in [2.75, 3.05) is 25.9 Å². The molecule has 164 valence electrons. The number of benzene rings is 2. The third-order valence-corrected chi connectivity index (χ3v) is 6.54. The van der Waals surface area contributed by atoms with E-state index in [2.05, 4.69) is 23.0 Å². The van der Waals surface area contributed by atoms with E-state index in [1.54, 1.807) is 12.1 Å². The number of H-pyrrole nitrogens is 1. The van der Waals surface area contributed by atoms with Gasteiger partial charge < -0.3 is 20.4 Å². The van der Waals surface area contributed by atoms with Crippen LogP contribution < -0.4 is 16.0 Å². The van der Waals surface area contributed by atoms with E-state index in [0.29, 0.717) is 40.2 Å². The maximum atomic E-state index is 13.2. The number of aromatic amines is 1. The number of nitrogens with one attached hydrogen (secondary N) is 1. The largest absolute Gasteiger partial charge is 0.492 e. The highest BCUT2D eigenvalue weighted by Gasteiger charge is 2.21. The summed E-state index contributed by atoms with van der Waals surface area (Å²) in [5.41, 5.74) is 10.6. The minimum atomic E-state index is -0.192. The fraction of sp³-hybridized carbons (Fsp3) is 0.400. The van der Waals surface area contributed by atoms with E-state index in [-0.39, 0.29) is 5.56 Å². The Hall–Kier alpha value is -2.50. The molecule has 0 saturated carbocycles. The second kappa shape index (κ2) is 8.93. The zero-order valence-electron chi connectivity index (χ0n) is 18.4. The van der Waals surface area contributed by atoms with Gasteiger partial charge >= 0.3 is 0 Å². The van der Waals surface area contributed by atoms with Gasteiger partial charge in [-0.1, -0.05) is 47.3 Å². The monoisotopic (exact) mass is 439 g/mol. The fourth-order valence-electron chi connectivity index (χ4n) is 4.64. The molecule has 1 atom stereocenters. The van der Waals surface area contributed by atoms with Crippen LogP contribution in [0.5, 0.6) is 5.75 Å². The van der Waals surface area contributed by atoms with Crippen molar-refractivity contribution in [1.29, 1.82) is 0 Å². The lowest BCUT2D eigenvalue weighted by molar-refractivity contribution is 0.153. The minimum absolute atomic E-state index is 0.192. The number of fused-ring (bicyclic) bond motifs is 1. The molecule has 4 rings (SSSR count). The summed E-state index contributed by atoms with van der Waals surface area (Å²) in [6.07, 6.45) is 4.61. The summed E-state index contributed by atoms with van der Waals surface area (Å²) in [6.45, 7) is 5.72. The van der Waals surface area contributed by atoms with Crippen LogP contribution in [0.1, 0.15) is 36.8 Å². The van der Waals surface area contributed by atoms with Crippen LogP contribution in [0.15, 0.2) is 35.1 Å². The fourth-order valence-corrected chi connectivity index (χ4v) is 4.80. The first-order valence-corrected chi connectivity index (χ1v) is 11.3. The number of halogens is 1. The van der Waals surface area contributed by atoms with Crippen molar-refractivity contribution in [2.45, 2.75) is 45.6 Å². The van der Waals surface area contributed by atoms with Gasteiger partial charge in [-0.3, -0.25) is 4.79 Å². The van der Waals surface area contributed by atoms with Crippen molar-refractivity contribution in [2.24, 2.45) is 0 Å². The number of ether oxygens (including phenoxy) is 1. The van der Waals surface area contributed by atoms with Crippen LogP contribution in [0.25, 0.3) is 22.0 Å². The maximum Gasteiger partial charge on any atom is 0.260 e. The van der Waals surface area contributed by atoms with Crippen LogP contribution in [0.2, 0.25) is 5.02 Å². The number of rotatable bonds is 5. The molecule has 2 aromatic carbocycles. The first-order chi connectivity index (χ1) is 14.8. The highest BCUT2D eigenvalue weighted by atomic mass is 35.5. The molecule has 3 aromatic rings. The number of nitrogen functional groups attached to an aromatic ring is 1. The number of piperidine rings is 1. The van der Waals surface area contributed by atoms with Gasteiger partial charge in [0.2, 0.25) is 0 Å². The quantitative estimate of drug-likeness (QED) is 0.529. The van der Waals surface area contributed by atoms with Gasteiger partial charge in [-0.2, -0.15) is 0 Å².